The van der Waals surface area contributed by atoms with Crippen LogP contribution in [-0.2, 0) is 4.79 Å². The number of ether oxygens (including phenoxy) is 1. The SMILES string of the molecule is O=C(CCC1CCNC1)N1CCN(CCOc2ccc(Cl)cc2)CC1. The summed E-state index contributed by atoms with van der Waals surface area (Å²) in [4.78, 5) is 16.7. The molecule has 6 heteroatoms. The van der Waals surface area contributed by atoms with E-state index in [-0.39, 0.29) is 0 Å². The molecule has 1 N–H and O–H groups in total. The fourth-order valence-electron chi connectivity index (χ4n) is 3.49. The highest BCUT2D eigenvalue weighted by atomic mass is 35.5. The predicted octanol–water partition coefficient (Wildman–Crippen LogP) is 2.25. The average Bonchev–Trinajstić information content (AvgIpc) is 3.15. The Morgan fingerprint density at radius 3 is 2.64 bits per heavy atom. The van der Waals surface area contributed by atoms with Gasteiger partial charge in [0.05, 0.1) is 0 Å². The number of nitrogens with zero attached hydrogens (tertiary/aromatic N) is 2. The van der Waals surface area contributed by atoms with E-state index in [4.69, 9.17) is 16.3 Å². The van der Waals surface area contributed by atoms with E-state index in [1.165, 1.54) is 6.42 Å². The van der Waals surface area contributed by atoms with E-state index < -0.39 is 0 Å². The van der Waals surface area contributed by atoms with Gasteiger partial charge >= 0.3 is 0 Å². The molecule has 1 aromatic rings. The highest BCUT2D eigenvalue weighted by molar-refractivity contribution is 6.30. The number of carbonyl (C=O) groups excluding carboxylic acids is 1. The Morgan fingerprint density at radius 2 is 1.96 bits per heavy atom. The minimum Gasteiger partial charge on any atom is -0.492 e. The Balaban J connectivity index is 1.30. The molecule has 0 radical (unpaired) electrons. The zero-order valence-corrected chi connectivity index (χ0v) is 15.5. The summed E-state index contributed by atoms with van der Waals surface area (Å²) in [5.74, 6) is 1.86. The zero-order valence-electron chi connectivity index (χ0n) is 14.8. The van der Waals surface area contributed by atoms with Gasteiger partial charge in [-0.05, 0) is 56.1 Å². The first-order valence-electron chi connectivity index (χ1n) is 9.30. The van der Waals surface area contributed by atoms with Crippen LogP contribution in [0.15, 0.2) is 24.3 Å². The molecule has 1 atom stereocenters. The number of carbonyl (C=O) groups is 1. The van der Waals surface area contributed by atoms with Crippen molar-refractivity contribution in [2.75, 3.05) is 52.4 Å². The fraction of sp³-hybridized carbons (Fsp3) is 0.632. The molecule has 0 saturated carbocycles. The third-order valence-electron chi connectivity index (χ3n) is 5.14. The van der Waals surface area contributed by atoms with E-state index >= 15 is 0 Å². The molecular formula is C19H28ClN3O2. The van der Waals surface area contributed by atoms with E-state index in [1.807, 2.05) is 29.2 Å². The van der Waals surface area contributed by atoms with Crippen molar-refractivity contribution >= 4 is 17.5 Å². The molecule has 1 aromatic carbocycles. The van der Waals surface area contributed by atoms with Gasteiger partial charge in [0, 0.05) is 44.2 Å². The second-order valence-electron chi connectivity index (χ2n) is 6.92. The smallest absolute Gasteiger partial charge is 0.222 e. The third kappa shape index (κ3) is 5.87. The second-order valence-corrected chi connectivity index (χ2v) is 7.36. The van der Waals surface area contributed by atoms with Crippen LogP contribution in [-0.4, -0.2) is 68.1 Å². The first-order chi connectivity index (χ1) is 12.2. The van der Waals surface area contributed by atoms with Crippen molar-refractivity contribution in [3.8, 4) is 5.75 Å². The molecular weight excluding hydrogens is 338 g/mol. The lowest BCUT2D eigenvalue weighted by Gasteiger charge is -2.34. The Hall–Kier alpha value is -1.30. The Morgan fingerprint density at radius 1 is 1.20 bits per heavy atom. The monoisotopic (exact) mass is 365 g/mol. The van der Waals surface area contributed by atoms with Crippen LogP contribution in [0.4, 0.5) is 0 Å². The third-order valence-corrected chi connectivity index (χ3v) is 5.40. The number of rotatable bonds is 7. The molecule has 2 aliphatic rings. The number of hydrogen-bond donors (Lipinski definition) is 1. The highest BCUT2D eigenvalue weighted by Gasteiger charge is 2.22. The maximum Gasteiger partial charge on any atom is 0.222 e. The van der Waals surface area contributed by atoms with Crippen molar-refractivity contribution in [1.82, 2.24) is 15.1 Å². The van der Waals surface area contributed by atoms with E-state index in [0.717, 1.165) is 63.0 Å². The average molecular weight is 366 g/mol. The highest BCUT2D eigenvalue weighted by Crippen LogP contribution is 2.17. The largest absolute Gasteiger partial charge is 0.492 e. The zero-order chi connectivity index (χ0) is 17.5. The van der Waals surface area contributed by atoms with E-state index in [1.54, 1.807) is 0 Å². The molecule has 5 nitrogen and oxygen atoms in total. The first kappa shape index (κ1) is 18.5. The van der Waals surface area contributed by atoms with Crippen LogP contribution in [0.3, 0.4) is 0 Å². The van der Waals surface area contributed by atoms with Crippen LogP contribution >= 0.6 is 11.6 Å². The van der Waals surface area contributed by atoms with Gasteiger partial charge in [-0.25, -0.2) is 0 Å². The molecule has 138 valence electrons. The van der Waals surface area contributed by atoms with Crippen LogP contribution in [0, 0.1) is 5.92 Å². The van der Waals surface area contributed by atoms with Crippen molar-refractivity contribution in [2.24, 2.45) is 5.92 Å². The van der Waals surface area contributed by atoms with Gasteiger partial charge in [0.2, 0.25) is 5.91 Å². The summed E-state index contributed by atoms with van der Waals surface area (Å²) in [6.07, 6.45) is 2.95. The Labute approximate surface area is 155 Å². The number of amides is 1. The van der Waals surface area contributed by atoms with Gasteiger partial charge in [-0.1, -0.05) is 11.6 Å². The fourth-order valence-corrected chi connectivity index (χ4v) is 3.62. The summed E-state index contributed by atoms with van der Waals surface area (Å²) in [7, 11) is 0. The topological polar surface area (TPSA) is 44.8 Å². The molecule has 0 bridgehead atoms. The van der Waals surface area contributed by atoms with Crippen molar-refractivity contribution in [3.63, 3.8) is 0 Å². The summed E-state index contributed by atoms with van der Waals surface area (Å²) >= 11 is 5.87. The lowest BCUT2D eigenvalue weighted by molar-refractivity contribution is -0.133. The van der Waals surface area contributed by atoms with Crippen LogP contribution in [0.5, 0.6) is 5.75 Å². The summed E-state index contributed by atoms with van der Waals surface area (Å²) in [5, 5.41) is 4.09. The van der Waals surface area contributed by atoms with Gasteiger partial charge in [0.25, 0.3) is 0 Å². The Kier molecular flexibility index (Phi) is 6.96. The summed E-state index contributed by atoms with van der Waals surface area (Å²) in [6.45, 7) is 7.26. The molecule has 2 aliphatic heterocycles. The molecule has 25 heavy (non-hydrogen) atoms. The maximum atomic E-state index is 12.3. The number of hydrogen-bond acceptors (Lipinski definition) is 4. The molecule has 1 amide bonds. The molecule has 0 aliphatic carbocycles. The number of nitrogens with one attached hydrogen (secondary N) is 1. The van der Waals surface area contributed by atoms with E-state index in [0.29, 0.717) is 24.9 Å². The number of halogens is 1. The van der Waals surface area contributed by atoms with Crippen LogP contribution in [0.2, 0.25) is 5.02 Å². The van der Waals surface area contributed by atoms with Crippen LogP contribution < -0.4 is 10.1 Å². The summed E-state index contributed by atoms with van der Waals surface area (Å²) < 4.78 is 5.75. The van der Waals surface area contributed by atoms with Crippen LogP contribution in [0.1, 0.15) is 19.3 Å². The molecule has 2 heterocycles. The minimum atomic E-state index is 0.323. The van der Waals surface area contributed by atoms with E-state index in [2.05, 4.69) is 10.2 Å². The minimum absolute atomic E-state index is 0.323. The predicted molar refractivity (Wildman–Crippen MR) is 100 cm³/mol. The van der Waals surface area contributed by atoms with Crippen molar-refractivity contribution in [1.29, 1.82) is 0 Å². The summed E-state index contributed by atoms with van der Waals surface area (Å²) in [5.41, 5.74) is 0. The van der Waals surface area contributed by atoms with Crippen molar-refractivity contribution in [2.45, 2.75) is 19.3 Å². The molecule has 3 rings (SSSR count). The molecule has 1 unspecified atom stereocenters. The maximum absolute atomic E-state index is 12.3. The summed E-state index contributed by atoms with van der Waals surface area (Å²) in [6, 6.07) is 7.45. The van der Waals surface area contributed by atoms with Crippen LogP contribution in [0.25, 0.3) is 0 Å². The van der Waals surface area contributed by atoms with Crippen molar-refractivity contribution < 1.29 is 9.53 Å². The molecule has 2 saturated heterocycles. The van der Waals surface area contributed by atoms with Gasteiger partial charge in [-0.2, -0.15) is 0 Å². The van der Waals surface area contributed by atoms with Gasteiger partial charge in [0.1, 0.15) is 12.4 Å². The van der Waals surface area contributed by atoms with E-state index in [9.17, 15) is 4.79 Å². The Bertz CT molecular complexity index is 538. The molecule has 2 fully saturated rings. The van der Waals surface area contributed by atoms with Gasteiger partial charge in [-0.15, -0.1) is 0 Å². The lowest BCUT2D eigenvalue weighted by Crippen LogP contribution is -2.49. The molecule has 0 aromatic heterocycles. The quantitative estimate of drug-likeness (QED) is 0.805. The first-order valence-corrected chi connectivity index (χ1v) is 9.68. The van der Waals surface area contributed by atoms with Gasteiger partial charge in [0.15, 0.2) is 0 Å². The number of benzene rings is 1. The molecule has 0 spiro atoms. The number of piperazine rings is 1. The lowest BCUT2D eigenvalue weighted by atomic mass is 10.0. The van der Waals surface area contributed by atoms with Gasteiger partial charge in [-0.3, -0.25) is 9.69 Å². The second kappa shape index (κ2) is 9.41. The normalized spacial score (nSPS) is 21.5. The standard InChI is InChI=1S/C19H28ClN3O2/c20-17-2-4-18(5-3-17)25-14-13-22-9-11-23(12-10-22)19(24)6-1-16-7-8-21-15-16/h2-5,16,21H,1,6-15H2. The van der Waals surface area contributed by atoms with Crippen molar-refractivity contribution in [3.05, 3.63) is 29.3 Å². The van der Waals surface area contributed by atoms with Gasteiger partial charge < -0.3 is 15.0 Å².